The Labute approximate surface area is 70.8 Å². The highest BCUT2D eigenvalue weighted by Crippen LogP contribution is 2.16. The van der Waals surface area contributed by atoms with Crippen molar-refractivity contribution < 1.29 is 4.39 Å². The third-order valence-corrected chi connectivity index (χ3v) is 2.17. The van der Waals surface area contributed by atoms with Gasteiger partial charge in [0.1, 0.15) is 5.82 Å². The number of benzene rings is 1. The number of aryl methyl sites for hydroxylation is 1. The fourth-order valence-corrected chi connectivity index (χ4v) is 1.51. The Bertz CT molecular complexity index is 245. The average Bonchev–Trinajstić information content (AvgIpc) is 1.99. The molecule has 2 heteroatoms. The van der Waals surface area contributed by atoms with Crippen LogP contribution in [0.15, 0.2) is 18.2 Å². The summed E-state index contributed by atoms with van der Waals surface area (Å²) in [6, 6.07) is 5.52. The monoisotopic (exact) mass is 170 g/mol. The largest absolute Gasteiger partial charge is 0.206 e. The van der Waals surface area contributed by atoms with Crippen LogP contribution in [-0.2, 0) is 5.75 Å². The zero-order valence-electron chi connectivity index (χ0n) is 6.73. The minimum absolute atomic E-state index is 0.0538. The molecule has 0 nitrogen and oxygen atoms in total. The Morgan fingerprint density at radius 1 is 1.45 bits per heavy atom. The van der Waals surface area contributed by atoms with Gasteiger partial charge in [-0.25, -0.2) is 4.39 Å². The molecule has 0 saturated carbocycles. The van der Waals surface area contributed by atoms with Crippen LogP contribution >= 0.6 is 11.8 Å². The van der Waals surface area contributed by atoms with Crippen molar-refractivity contribution >= 4 is 11.8 Å². The molecule has 60 valence electrons. The molecule has 0 unspecified atom stereocenters. The van der Waals surface area contributed by atoms with Gasteiger partial charge in [0, 0.05) is 5.75 Å². The van der Waals surface area contributed by atoms with E-state index in [1.165, 1.54) is 0 Å². The maximum Gasteiger partial charge on any atom is 0.130 e. The summed E-state index contributed by atoms with van der Waals surface area (Å²) in [6.45, 7) is 1.79. The lowest BCUT2D eigenvalue weighted by molar-refractivity contribution is 0.608. The quantitative estimate of drug-likeness (QED) is 0.657. The fraction of sp³-hybridized carbons (Fsp3) is 0.333. The lowest BCUT2D eigenvalue weighted by Crippen LogP contribution is -1.89. The van der Waals surface area contributed by atoms with Crippen LogP contribution in [0.25, 0.3) is 0 Å². The van der Waals surface area contributed by atoms with E-state index in [2.05, 4.69) is 0 Å². The van der Waals surface area contributed by atoms with Crippen molar-refractivity contribution in [1.29, 1.82) is 0 Å². The molecule has 0 bridgehead atoms. The van der Waals surface area contributed by atoms with Crippen LogP contribution in [0.3, 0.4) is 0 Å². The first kappa shape index (κ1) is 8.60. The van der Waals surface area contributed by atoms with Gasteiger partial charge in [-0.05, 0) is 24.3 Å². The Kier molecular flexibility index (Phi) is 2.94. The summed E-state index contributed by atoms with van der Waals surface area (Å²) in [5.41, 5.74) is 1.54. The first-order valence-electron chi connectivity index (χ1n) is 3.48. The topological polar surface area (TPSA) is 0 Å². The molecule has 0 saturated heterocycles. The van der Waals surface area contributed by atoms with E-state index < -0.39 is 0 Å². The summed E-state index contributed by atoms with van der Waals surface area (Å²) in [5.74, 6) is 0.704. The summed E-state index contributed by atoms with van der Waals surface area (Å²) in [5, 5.41) is 0. The second-order valence-corrected chi connectivity index (χ2v) is 3.35. The highest BCUT2D eigenvalue weighted by Gasteiger charge is 2.02. The van der Waals surface area contributed by atoms with Crippen molar-refractivity contribution in [2.45, 2.75) is 12.7 Å². The molecule has 11 heavy (non-hydrogen) atoms. The predicted octanol–water partition coefficient (Wildman–Crippen LogP) is 3.00. The van der Waals surface area contributed by atoms with Crippen molar-refractivity contribution in [3.8, 4) is 0 Å². The first-order valence-corrected chi connectivity index (χ1v) is 4.88. The lowest BCUT2D eigenvalue weighted by atomic mass is 10.1. The van der Waals surface area contributed by atoms with Crippen molar-refractivity contribution in [2.75, 3.05) is 6.26 Å². The molecule has 1 aromatic carbocycles. The second-order valence-electron chi connectivity index (χ2n) is 2.48. The normalized spacial score (nSPS) is 10.1. The Morgan fingerprint density at radius 3 is 2.82 bits per heavy atom. The van der Waals surface area contributed by atoms with E-state index in [1.54, 1.807) is 24.8 Å². The van der Waals surface area contributed by atoms with Crippen LogP contribution in [0, 0.1) is 12.7 Å². The van der Waals surface area contributed by atoms with Crippen molar-refractivity contribution in [1.82, 2.24) is 0 Å². The van der Waals surface area contributed by atoms with Gasteiger partial charge in [-0.1, -0.05) is 18.2 Å². The number of hydrogen-bond donors (Lipinski definition) is 0. The van der Waals surface area contributed by atoms with Crippen molar-refractivity contribution in [3.63, 3.8) is 0 Å². The molecule has 1 rings (SSSR count). The van der Waals surface area contributed by atoms with E-state index in [4.69, 9.17) is 0 Å². The SMILES string of the molecule is CSCc1cccc(C)c1F. The van der Waals surface area contributed by atoms with Gasteiger partial charge in [-0.15, -0.1) is 0 Å². The Morgan fingerprint density at radius 2 is 2.18 bits per heavy atom. The van der Waals surface area contributed by atoms with E-state index in [0.29, 0.717) is 0 Å². The average molecular weight is 170 g/mol. The van der Waals surface area contributed by atoms with Gasteiger partial charge in [-0.2, -0.15) is 11.8 Å². The number of hydrogen-bond acceptors (Lipinski definition) is 1. The fourth-order valence-electron chi connectivity index (χ4n) is 0.975. The summed E-state index contributed by atoms with van der Waals surface area (Å²) >= 11 is 1.64. The first-order chi connectivity index (χ1) is 5.25. The molecule has 0 atom stereocenters. The van der Waals surface area contributed by atoms with Crippen LogP contribution in [0.5, 0.6) is 0 Å². The van der Waals surface area contributed by atoms with Crippen LogP contribution in [0.2, 0.25) is 0 Å². The zero-order chi connectivity index (χ0) is 8.27. The van der Waals surface area contributed by atoms with Crippen LogP contribution < -0.4 is 0 Å². The third-order valence-electron chi connectivity index (χ3n) is 1.57. The van der Waals surface area contributed by atoms with Gasteiger partial charge < -0.3 is 0 Å². The second kappa shape index (κ2) is 3.77. The molecule has 0 fully saturated rings. The molecular weight excluding hydrogens is 159 g/mol. The Balaban J connectivity index is 2.96. The molecule has 0 radical (unpaired) electrons. The smallest absolute Gasteiger partial charge is 0.130 e. The molecule has 0 aliphatic carbocycles. The van der Waals surface area contributed by atoms with E-state index in [-0.39, 0.29) is 5.82 Å². The van der Waals surface area contributed by atoms with Crippen molar-refractivity contribution in [3.05, 3.63) is 35.1 Å². The van der Waals surface area contributed by atoms with Gasteiger partial charge >= 0.3 is 0 Å². The predicted molar refractivity (Wildman–Crippen MR) is 48.4 cm³/mol. The van der Waals surface area contributed by atoms with E-state index in [1.807, 2.05) is 18.4 Å². The Hall–Kier alpha value is -0.500. The highest BCUT2D eigenvalue weighted by atomic mass is 32.2. The van der Waals surface area contributed by atoms with Crippen molar-refractivity contribution in [2.24, 2.45) is 0 Å². The van der Waals surface area contributed by atoms with E-state index in [0.717, 1.165) is 16.9 Å². The van der Waals surface area contributed by atoms with Gasteiger partial charge in [0.25, 0.3) is 0 Å². The van der Waals surface area contributed by atoms with Crippen LogP contribution in [0.1, 0.15) is 11.1 Å². The maximum absolute atomic E-state index is 13.2. The molecule has 0 heterocycles. The third kappa shape index (κ3) is 1.96. The summed E-state index contributed by atoms with van der Waals surface area (Å²) in [4.78, 5) is 0. The number of rotatable bonds is 2. The highest BCUT2D eigenvalue weighted by molar-refractivity contribution is 7.97. The molecule has 0 aromatic heterocycles. The molecule has 0 aliphatic heterocycles. The summed E-state index contributed by atoms with van der Waals surface area (Å²) in [6.07, 6.45) is 1.97. The van der Waals surface area contributed by atoms with Gasteiger partial charge in [0.15, 0.2) is 0 Å². The molecule has 0 spiro atoms. The number of halogens is 1. The van der Waals surface area contributed by atoms with E-state index in [9.17, 15) is 4.39 Å². The van der Waals surface area contributed by atoms with E-state index >= 15 is 0 Å². The molecule has 0 N–H and O–H groups in total. The summed E-state index contributed by atoms with van der Waals surface area (Å²) < 4.78 is 13.2. The van der Waals surface area contributed by atoms with Gasteiger partial charge in [0.2, 0.25) is 0 Å². The molecular formula is C9H11FS. The minimum Gasteiger partial charge on any atom is -0.206 e. The van der Waals surface area contributed by atoms with Crippen LogP contribution in [-0.4, -0.2) is 6.26 Å². The molecule has 0 aliphatic rings. The molecule has 1 aromatic rings. The number of thioether (sulfide) groups is 1. The molecule has 0 amide bonds. The zero-order valence-corrected chi connectivity index (χ0v) is 7.54. The van der Waals surface area contributed by atoms with Gasteiger partial charge in [0.05, 0.1) is 0 Å². The summed E-state index contributed by atoms with van der Waals surface area (Å²) in [7, 11) is 0. The van der Waals surface area contributed by atoms with Gasteiger partial charge in [-0.3, -0.25) is 0 Å². The maximum atomic E-state index is 13.2. The standard InChI is InChI=1S/C9H11FS/c1-7-4-3-5-8(6-11-2)9(7)10/h3-5H,6H2,1-2H3. The van der Waals surface area contributed by atoms with Crippen LogP contribution in [0.4, 0.5) is 4.39 Å². The minimum atomic E-state index is -0.0538. The lowest BCUT2D eigenvalue weighted by Gasteiger charge is -2.02.